The van der Waals surface area contributed by atoms with Crippen LogP contribution in [0.15, 0.2) is 35.1 Å². The molecule has 2 rings (SSSR count). The highest BCUT2D eigenvalue weighted by atomic mass is 79.9. The van der Waals surface area contributed by atoms with Crippen molar-refractivity contribution in [2.75, 3.05) is 13.7 Å². The van der Waals surface area contributed by atoms with Crippen molar-refractivity contribution >= 4 is 15.9 Å². The van der Waals surface area contributed by atoms with Crippen LogP contribution in [-0.4, -0.2) is 23.6 Å². The Morgan fingerprint density at radius 1 is 1.29 bits per heavy atom. The van der Waals surface area contributed by atoms with Crippen LogP contribution in [0, 0.1) is 0 Å². The minimum absolute atomic E-state index is 0.469. The maximum absolute atomic E-state index is 5.75. The van der Waals surface area contributed by atoms with Gasteiger partial charge in [0.25, 0.3) is 0 Å². The summed E-state index contributed by atoms with van der Waals surface area (Å²) in [6.07, 6.45) is 4.42. The summed E-state index contributed by atoms with van der Waals surface area (Å²) in [5.41, 5.74) is 0.852. The second-order valence-electron chi connectivity index (χ2n) is 4.42. The first kappa shape index (κ1) is 15.7. The summed E-state index contributed by atoms with van der Waals surface area (Å²) in [5, 5.41) is 3.29. The third-order valence-electron chi connectivity index (χ3n) is 2.75. The fourth-order valence-electron chi connectivity index (χ4n) is 1.72. The molecule has 0 saturated heterocycles. The van der Waals surface area contributed by atoms with Gasteiger partial charge in [-0.25, -0.2) is 4.98 Å². The van der Waals surface area contributed by atoms with Crippen molar-refractivity contribution in [2.24, 2.45) is 0 Å². The number of hydrogen-bond donors (Lipinski definition) is 1. The third kappa shape index (κ3) is 4.68. The summed E-state index contributed by atoms with van der Waals surface area (Å²) >= 11 is 3.45. The summed E-state index contributed by atoms with van der Waals surface area (Å²) in [7, 11) is 1.63. The number of nitrogens with zero attached hydrogens (tertiary/aromatic N) is 2. The Labute approximate surface area is 132 Å². The lowest BCUT2D eigenvalue weighted by Gasteiger charge is -2.09. The molecule has 0 unspecified atom stereocenters. The molecule has 0 amide bonds. The zero-order valence-electron chi connectivity index (χ0n) is 12.1. The van der Waals surface area contributed by atoms with E-state index in [4.69, 9.17) is 9.47 Å². The smallest absolute Gasteiger partial charge is 0.238 e. The summed E-state index contributed by atoms with van der Waals surface area (Å²) in [5.74, 6) is 1.90. The topological polar surface area (TPSA) is 56.3 Å². The highest BCUT2D eigenvalue weighted by Gasteiger charge is 2.06. The Kier molecular flexibility index (Phi) is 5.95. The van der Waals surface area contributed by atoms with Crippen molar-refractivity contribution in [1.82, 2.24) is 15.3 Å². The molecule has 1 aromatic heterocycles. The summed E-state index contributed by atoms with van der Waals surface area (Å²) < 4.78 is 11.7. The van der Waals surface area contributed by atoms with Gasteiger partial charge < -0.3 is 14.8 Å². The van der Waals surface area contributed by atoms with Crippen molar-refractivity contribution in [3.8, 4) is 17.4 Å². The van der Waals surface area contributed by atoms with Gasteiger partial charge in [0.05, 0.1) is 23.5 Å². The number of halogens is 1. The fraction of sp³-hybridized carbons (Fsp3) is 0.333. The monoisotopic (exact) mass is 351 g/mol. The normalized spacial score (nSPS) is 10.4. The van der Waals surface area contributed by atoms with Gasteiger partial charge in [-0.15, -0.1) is 0 Å². The van der Waals surface area contributed by atoms with Crippen LogP contribution in [-0.2, 0) is 6.54 Å². The molecule has 1 heterocycles. The van der Waals surface area contributed by atoms with Crippen LogP contribution in [0.5, 0.6) is 17.4 Å². The van der Waals surface area contributed by atoms with Gasteiger partial charge in [-0.2, -0.15) is 0 Å². The Morgan fingerprint density at radius 2 is 2.14 bits per heavy atom. The highest BCUT2D eigenvalue weighted by Crippen LogP contribution is 2.31. The summed E-state index contributed by atoms with van der Waals surface area (Å²) in [6, 6.07) is 5.50. The third-order valence-corrected chi connectivity index (χ3v) is 3.37. The molecule has 5 nitrogen and oxygen atoms in total. The van der Waals surface area contributed by atoms with Crippen molar-refractivity contribution in [2.45, 2.75) is 19.9 Å². The van der Waals surface area contributed by atoms with Gasteiger partial charge in [0.2, 0.25) is 5.88 Å². The molecule has 0 saturated carbocycles. The first-order valence-corrected chi connectivity index (χ1v) is 7.55. The molecule has 1 aromatic carbocycles. The highest BCUT2D eigenvalue weighted by molar-refractivity contribution is 9.10. The second kappa shape index (κ2) is 7.95. The molecule has 0 radical (unpaired) electrons. The van der Waals surface area contributed by atoms with E-state index in [9.17, 15) is 0 Å². The number of hydrogen-bond acceptors (Lipinski definition) is 5. The Hall–Kier alpha value is -1.66. The first-order chi connectivity index (χ1) is 10.2. The Morgan fingerprint density at radius 3 is 2.86 bits per heavy atom. The van der Waals surface area contributed by atoms with Crippen LogP contribution in [0.4, 0.5) is 0 Å². The lowest BCUT2D eigenvalue weighted by atomic mass is 10.3. The van der Waals surface area contributed by atoms with Crippen molar-refractivity contribution in [3.63, 3.8) is 0 Å². The van der Waals surface area contributed by atoms with Gasteiger partial charge >= 0.3 is 0 Å². The summed E-state index contributed by atoms with van der Waals surface area (Å²) in [6.45, 7) is 3.76. The van der Waals surface area contributed by atoms with Crippen LogP contribution in [0.2, 0.25) is 0 Å². The SMILES string of the molecule is CCCNCc1cncc(Oc2ccc(OC)cc2Br)n1. The molecule has 1 N–H and O–H groups in total. The van der Waals surface area contributed by atoms with Gasteiger partial charge in [0, 0.05) is 12.7 Å². The predicted molar refractivity (Wildman–Crippen MR) is 84.8 cm³/mol. The largest absolute Gasteiger partial charge is 0.497 e. The van der Waals surface area contributed by atoms with E-state index in [1.165, 1.54) is 0 Å². The van der Waals surface area contributed by atoms with E-state index >= 15 is 0 Å². The number of benzene rings is 1. The van der Waals surface area contributed by atoms with Gasteiger partial charge in [0.1, 0.15) is 11.5 Å². The average Bonchev–Trinajstić information content (AvgIpc) is 2.50. The average molecular weight is 352 g/mol. The van der Waals surface area contributed by atoms with E-state index in [0.29, 0.717) is 18.2 Å². The van der Waals surface area contributed by atoms with E-state index < -0.39 is 0 Å². The predicted octanol–water partition coefficient (Wildman–Crippen LogP) is 3.54. The maximum atomic E-state index is 5.75. The number of ether oxygens (including phenoxy) is 2. The van der Waals surface area contributed by atoms with Crippen LogP contribution in [0.1, 0.15) is 19.0 Å². The standard InChI is InChI=1S/C15H18BrN3O2/c1-3-6-17-8-11-9-18-10-15(19-11)21-14-5-4-12(20-2)7-13(14)16/h4-5,7,9-10,17H,3,6,8H2,1-2H3. The zero-order valence-corrected chi connectivity index (χ0v) is 13.7. The number of aromatic nitrogens is 2. The minimum Gasteiger partial charge on any atom is -0.497 e. The molecular weight excluding hydrogens is 334 g/mol. The van der Waals surface area contributed by atoms with Crippen LogP contribution in [0.25, 0.3) is 0 Å². The van der Waals surface area contributed by atoms with E-state index in [0.717, 1.165) is 28.9 Å². The maximum Gasteiger partial charge on any atom is 0.238 e. The molecule has 21 heavy (non-hydrogen) atoms. The molecule has 0 aliphatic heterocycles. The van der Waals surface area contributed by atoms with E-state index in [1.807, 2.05) is 18.2 Å². The molecule has 0 aliphatic rings. The Bertz CT molecular complexity index is 593. The molecule has 6 heteroatoms. The Balaban J connectivity index is 2.07. The molecule has 0 bridgehead atoms. The molecule has 0 atom stereocenters. The molecule has 112 valence electrons. The fourth-order valence-corrected chi connectivity index (χ4v) is 2.16. The number of methoxy groups -OCH3 is 1. The minimum atomic E-state index is 0.469. The van der Waals surface area contributed by atoms with Crippen LogP contribution in [0.3, 0.4) is 0 Å². The first-order valence-electron chi connectivity index (χ1n) is 6.76. The number of nitrogens with one attached hydrogen (secondary N) is 1. The number of rotatable bonds is 7. The van der Waals surface area contributed by atoms with E-state index in [1.54, 1.807) is 19.5 Å². The van der Waals surface area contributed by atoms with Crippen molar-refractivity contribution in [1.29, 1.82) is 0 Å². The van der Waals surface area contributed by atoms with E-state index in [2.05, 4.69) is 38.1 Å². The van der Waals surface area contributed by atoms with Crippen LogP contribution < -0.4 is 14.8 Å². The van der Waals surface area contributed by atoms with E-state index in [-0.39, 0.29) is 0 Å². The molecule has 0 spiro atoms. The summed E-state index contributed by atoms with van der Waals surface area (Å²) in [4.78, 5) is 8.58. The zero-order chi connectivity index (χ0) is 15.1. The van der Waals surface area contributed by atoms with Gasteiger partial charge in [-0.1, -0.05) is 6.92 Å². The molecule has 0 aliphatic carbocycles. The van der Waals surface area contributed by atoms with Gasteiger partial charge in [-0.05, 0) is 47.1 Å². The quantitative estimate of drug-likeness (QED) is 0.773. The second-order valence-corrected chi connectivity index (χ2v) is 5.28. The van der Waals surface area contributed by atoms with Crippen LogP contribution >= 0.6 is 15.9 Å². The molecular formula is C15H18BrN3O2. The van der Waals surface area contributed by atoms with Gasteiger partial charge in [-0.3, -0.25) is 4.98 Å². The van der Waals surface area contributed by atoms with Crippen molar-refractivity contribution in [3.05, 3.63) is 40.8 Å². The molecule has 2 aromatic rings. The van der Waals surface area contributed by atoms with Crippen molar-refractivity contribution < 1.29 is 9.47 Å². The lowest BCUT2D eigenvalue weighted by Crippen LogP contribution is -2.15. The van der Waals surface area contributed by atoms with Gasteiger partial charge in [0.15, 0.2) is 0 Å². The lowest BCUT2D eigenvalue weighted by molar-refractivity contribution is 0.411. The molecule has 0 fully saturated rings.